The van der Waals surface area contributed by atoms with Crippen LogP contribution >= 0.6 is 0 Å². The molecule has 0 fully saturated rings. The zero-order valence-corrected chi connectivity index (χ0v) is 13.8. The Morgan fingerprint density at radius 2 is 1.88 bits per heavy atom. The lowest BCUT2D eigenvalue weighted by molar-refractivity contribution is -0.129. The molecule has 2 aromatic carbocycles. The molecule has 1 heterocycles. The number of hydrogen-bond donors (Lipinski definition) is 1. The normalized spacial score (nSPS) is 14.9. The van der Waals surface area contributed by atoms with Gasteiger partial charge < -0.3 is 14.8 Å². The molecule has 126 valence electrons. The minimum atomic E-state index is -0.521. The van der Waals surface area contributed by atoms with Crippen LogP contribution in [0.5, 0.6) is 5.75 Å². The average Bonchev–Trinajstić information content (AvgIpc) is 2.96. The zero-order chi connectivity index (χ0) is 17.8. The molecule has 0 bridgehead atoms. The topological polar surface area (TPSA) is 77.0 Å². The summed E-state index contributed by atoms with van der Waals surface area (Å²) in [6.45, 7) is 1.44. The molecule has 0 saturated carbocycles. The number of methoxy groups -OCH3 is 1. The Morgan fingerprint density at radius 1 is 1.16 bits per heavy atom. The van der Waals surface area contributed by atoms with Gasteiger partial charge in [0, 0.05) is 12.6 Å². The van der Waals surface area contributed by atoms with Crippen molar-refractivity contribution in [2.24, 2.45) is 4.99 Å². The van der Waals surface area contributed by atoms with Gasteiger partial charge in [0.15, 0.2) is 5.70 Å². The van der Waals surface area contributed by atoms with Gasteiger partial charge in [-0.3, -0.25) is 4.79 Å². The van der Waals surface area contributed by atoms with Gasteiger partial charge in [-0.05, 0) is 35.9 Å². The van der Waals surface area contributed by atoms with Crippen molar-refractivity contribution < 1.29 is 19.1 Å². The molecule has 0 spiro atoms. The summed E-state index contributed by atoms with van der Waals surface area (Å²) in [5.41, 5.74) is 2.27. The Hall–Kier alpha value is -3.41. The predicted molar refractivity (Wildman–Crippen MR) is 94.3 cm³/mol. The molecule has 0 atom stereocenters. The van der Waals surface area contributed by atoms with E-state index >= 15 is 0 Å². The largest absolute Gasteiger partial charge is 0.496 e. The summed E-state index contributed by atoms with van der Waals surface area (Å²) < 4.78 is 10.5. The first kappa shape index (κ1) is 16.4. The molecule has 25 heavy (non-hydrogen) atoms. The van der Waals surface area contributed by atoms with E-state index in [2.05, 4.69) is 10.3 Å². The maximum absolute atomic E-state index is 12.1. The second-order valence-corrected chi connectivity index (χ2v) is 5.34. The molecule has 0 aliphatic carbocycles. The Kier molecular flexibility index (Phi) is 4.61. The molecule has 6 nitrogen and oxygen atoms in total. The number of ether oxygens (including phenoxy) is 2. The smallest absolute Gasteiger partial charge is 0.363 e. The number of amides is 1. The van der Waals surface area contributed by atoms with E-state index in [-0.39, 0.29) is 17.5 Å². The van der Waals surface area contributed by atoms with Crippen molar-refractivity contribution in [1.82, 2.24) is 0 Å². The molecule has 2 aromatic rings. The highest BCUT2D eigenvalue weighted by atomic mass is 16.6. The molecule has 3 rings (SSSR count). The predicted octanol–water partition coefficient (Wildman–Crippen LogP) is 3.00. The summed E-state index contributed by atoms with van der Waals surface area (Å²) in [6.07, 6.45) is 1.63. The van der Waals surface area contributed by atoms with Gasteiger partial charge in [0.05, 0.1) is 12.7 Å². The van der Waals surface area contributed by atoms with Crippen molar-refractivity contribution >= 4 is 29.5 Å². The number of aliphatic imine (C=N–C) groups is 1. The van der Waals surface area contributed by atoms with Gasteiger partial charge in [0.1, 0.15) is 5.75 Å². The third-order valence-electron chi connectivity index (χ3n) is 3.49. The average molecular weight is 336 g/mol. The zero-order valence-electron chi connectivity index (χ0n) is 13.8. The summed E-state index contributed by atoms with van der Waals surface area (Å²) in [7, 11) is 1.55. The van der Waals surface area contributed by atoms with Crippen molar-refractivity contribution in [1.29, 1.82) is 0 Å². The minimum absolute atomic E-state index is 0.142. The van der Waals surface area contributed by atoms with Crippen LogP contribution in [0.25, 0.3) is 6.08 Å². The highest BCUT2D eigenvalue weighted by molar-refractivity contribution is 6.13. The van der Waals surface area contributed by atoms with Gasteiger partial charge >= 0.3 is 5.97 Å². The molecule has 6 heteroatoms. The number of benzene rings is 2. The molecule has 1 aliphatic rings. The van der Waals surface area contributed by atoms with E-state index in [0.717, 1.165) is 5.56 Å². The monoisotopic (exact) mass is 336 g/mol. The van der Waals surface area contributed by atoms with Gasteiger partial charge in [0.25, 0.3) is 0 Å². The molecule has 0 unspecified atom stereocenters. The lowest BCUT2D eigenvalue weighted by Gasteiger charge is -2.05. The van der Waals surface area contributed by atoms with Crippen LogP contribution < -0.4 is 10.1 Å². The van der Waals surface area contributed by atoms with E-state index < -0.39 is 5.97 Å². The van der Waals surface area contributed by atoms with Crippen LogP contribution in [0.3, 0.4) is 0 Å². The van der Waals surface area contributed by atoms with Gasteiger partial charge in [-0.2, -0.15) is 0 Å². The quantitative estimate of drug-likeness (QED) is 0.688. The third-order valence-corrected chi connectivity index (χ3v) is 3.49. The summed E-state index contributed by atoms with van der Waals surface area (Å²) in [5.74, 6) is 0.127. The highest BCUT2D eigenvalue weighted by Gasteiger charge is 2.26. The van der Waals surface area contributed by atoms with E-state index in [9.17, 15) is 9.59 Å². The summed E-state index contributed by atoms with van der Waals surface area (Å²) in [5, 5.41) is 2.68. The summed E-state index contributed by atoms with van der Waals surface area (Å²) >= 11 is 0. The van der Waals surface area contributed by atoms with Crippen molar-refractivity contribution in [2.75, 3.05) is 12.4 Å². The number of cyclic esters (lactones) is 1. The number of anilines is 1. The number of para-hydroxylation sites is 1. The molecular weight excluding hydrogens is 320 g/mol. The lowest BCUT2D eigenvalue weighted by Crippen LogP contribution is -2.06. The Balaban J connectivity index is 1.87. The number of nitrogens with one attached hydrogen (secondary N) is 1. The van der Waals surface area contributed by atoms with E-state index in [1.807, 2.05) is 12.1 Å². The summed E-state index contributed by atoms with van der Waals surface area (Å²) in [6, 6.07) is 14.2. The fourth-order valence-corrected chi connectivity index (χ4v) is 2.37. The molecule has 1 N–H and O–H groups in total. The molecule has 0 radical (unpaired) electrons. The Morgan fingerprint density at radius 3 is 2.56 bits per heavy atom. The van der Waals surface area contributed by atoms with Crippen LogP contribution in [-0.2, 0) is 14.3 Å². The lowest BCUT2D eigenvalue weighted by atomic mass is 10.1. The maximum atomic E-state index is 12.1. The van der Waals surface area contributed by atoms with E-state index in [4.69, 9.17) is 9.47 Å². The molecule has 0 saturated heterocycles. The number of hydrogen-bond acceptors (Lipinski definition) is 5. The van der Waals surface area contributed by atoms with Gasteiger partial charge in [-0.25, -0.2) is 9.79 Å². The maximum Gasteiger partial charge on any atom is 0.363 e. The SMILES string of the molecule is COc1ccccc1C1=N/C(=C/c2ccc(NC(C)=O)cc2)C(=O)O1. The molecule has 1 amide bonds. The first-order chi connectivity index (χ1) is 12.1. The number of carbonyl (C=O) groups is 2. The molecule has 1 aliphatic heterocycles. The van der Waals surface area contributed by atoms with Crippen LogP contribution in [0.4, 0.5) is 5.69 Å². The fraction of sp³-hybridized carbons (Fsp3) is 0.105. The van der Waals surface area contributed by atoms with Crippen molar-refractivity contribution in [3.05, 3.63) is 65.4 Å². The van der Waals surface area contributed by atoms with Crippen LogP contribution in [0.1, 0.15) is 18.1 Å². The number of esters is 1. The van der Waals surface area contributed by atoms with Gasteiger partial charge in [0.2, 0.25) is 11.8 Å². The van der Waals surface area contributed by atoms with Crippen molar-refractivity contribution in [3.8, 4) is 5.75 Å². The number of rotatable bonds is 4. The van der Waals surface area contributed by atoms with E-state index in [1.165, 1.54) is 6.92 Å². The second kappa shape index (κ2) is 7.00. The van der Waals surface area contributed by atoms with Gasteiger partial charge in [-0.15, -0.1) is 0 Å². The molecular formula is C19H16N2O4. The van der Waals surface area contributed by atoms with E-state index in [0.29, 0.717) is 17.0 Å². The number of carbonyl (C=O) groups excluding carboxylic acids is 2. The van der Waals surface area contributed by atoms with Crippen LogP contribution in [0, 0.1) is 0 Å². The Bertz CT molecular complexity index is 883. The standard InChI is InChI=1S/C19H16N2O4/c1-12(22)20-14-9-7-13(8-10-14)11-16-19(23)25-18(21-16)15-5-3-4-6-17(15)24-2/h3-11H,1-2H3,(H,20,22)/b16-11+. The Labute approximate surface area is 144 Å². The van der Waals surface area contributed by atoms with Crippen LogP contribution in [0.15, 0.2) is 59.2 Å². The van der Waals surface area contributed by atoms with Crippen molar-refractivity contribution in [2.45, 2.75) is 6.92 Å². The molecule has 0 aromatic heterocycles. The minimum Gasteiger partial charge on any atom is -0.496 e. The first-order valence-corrected chi connectivity index (χ1v) is 7.60. The highest BCUT2D eigenvalue weighted by Crippen LogP contribution is 2.25. The second-order valence-electron chi connectivity index (χ2n) is 5.34. The first-order valence-electron chi connectivity index (χ1n) is 7.60. The number of nitrogens with zero attached hydrogens (tertiary/aromatic N) is 1. The fourth-order valence-electron chi connectivity index (χ4n) is 2.37. The van der Waals surface area contributed by atoms with E-state index in [1.54, 1.807) is 49.6 Å². The van der Waals surface area contributed by atoms with Crippen LogP contribution in [-0.4, -0.2) is 24.9 Å². The van der Waals surface area contributed by atoms with Crippen molar-refractivity contribution in [3.63, 3.8) is 0 Å². The van der Waals surface area contributed by atoms with Gasteiger partial charge in [-0.1, -0.05) is 24.3 Å². The van der Waals surface area contributed by atoms with Crippen LogP contribution in [0.2, 0.25) is 0 Å². The third kappa shape index (κ3) is 3.74. The summed E-state index contributed by atoms with van der Waals surface area (Å²) in [4.78, 5) is 27.4.